The number of amides is 3. The van der Waals surface area contributed by atoms with Gasteiger partial charge in [0.25, 0.3) is 0 Å². The second-order valence-corrected chi connectivity index (χ2v) is 7.23. The Morgan fingerprint density at radius 3 is 2.21 bits per heavy atom. The van der Waals surface area contributed by atoms with Crippen LogP contribution in [0.25, 0.3) is 0 Å². The summed E-state index contributed by atoms with van der Waals surface area (Å²) in [7, 11) is 0. The summed E-state index contributed by atoms with van der Waals surface area (Å²) < 4.78 is 0. The minimum absolute atomic E-state index is 0.00835. The highest BCUT2D eigenvalue weighted by Crippen LogP contribution is 2.16. The molecule has 7 nitrogen and oxygen atoms in total. The molecule has 3 amide bonds. The average molecular weight is 394 g/mol. The molecule has 2 aromatic carbocycles. The van der Waals surface area contributed by atoms with E-state index in [0.29, 0.717) is 11.4 Å². The normalized spacial score (nSPS) is 14.8. The van der Waals surface area contributed by atoms with Crippen molar-refractivity contribution in [3.63, 3.8) is 0 Å². The molecule has 0 spiro atoms. The maximum Gasteiger partial charge on any atom is 0.313 e. The molecule has 152 valence electrons. The number of carbonyl (C=O) groups excluding carboxylic acids is 3. The van der Waals surface area contributed by atoms with Gasteiger partial charge in [-0.2, -0.15) is 0 Å². The quantitative estimate of drug-likeness (QED) is 0.679. The van der Waals surface area contributed by atoms with E-state index in [1.54, 1.807) is 24.3 Å². The van der Waals surface area contributed by atoms with Gasteiger partial charge in [-0.05, 0) is 36.6 Å². The van der Waals surface area contributed by atoms with Gasteiger partial charge in [-0.1, -0.05) is 36.4 Å². The highest BCUT2D eigenvalue weighted by atomic mass is 16.2. The fraction of sp³-hybridized carbons (Fsp3) is 0.318. The molecule has 0 unspecified atom stereocenters. The molecular formula is C22H26N4O3. The predicted molar refractivity (Wildman–Crippen MR) is 112 cm³/mol. The van der Waals surface area contributed by atoms with Gasteiger partial charge >= 0.3 is 11.8 Å². The molecule has 0 bridgehead atoms. The van der Waals surface area contributed by atoms with Crippen LogP contribution in [0.2, 0.25) is 0 Å². The van der Waals surface area contributed by atoms with Crippen molar-refractivity contribution in [2.45, 2.75) is 32.4 Å². The lowest BCUT2D eigenvalue weighted by atomic mass is 10.0. The maximum absolute atomic E-state index is 12.2. The molecule has 1 heterocycles. The minimum atomic E-state index is -0.711. The second-order valence-electron chi connectivity index (χ2n) is 7.23. The summed E-state index contributed by atoms with van der Waals surface area (Å²) >= 11 is 0. The first-order valence-corrected chi connectivity index (χ1v) is 9.75. The average Bonchev–Trinajstić information content (AvgIpc) is 2.70. The molecule has 0 aliphatic carbocycles. The van der Waals surface area contributed by atoms with Crippen LogP contribution < -0.4 is 16.0 Å². The van der Waals surface area contributed by atoms with E-state index in [9.17, 15) is 14.4 Å². The van der Waals surface area contributed by atoms with E-state index in [2.05, 4.69) is 33.0 Å². The fourth-order valence-corrected chi connectivity index (χ4v) is 3.39. The van der Waals surface area contributed by atoms with Crippen molar-refractivity contribution in [2.24, 2.45) is 0 Å². The molecule has 7 heteroatoms. The van der Waals surface area contributed by atoms with Crippen LogP contribution in [0.4, 0.5) is 11.4 Å². The van der Waals surface area contributed by atoms with E-state index in [0.717, 1.165) is 32.5 Å². The SMILES string of the molecule is CC(=O)Nc1cccc(NC(=O)C(=O)NC2CCN(Cc3ccccc3)CC2)c1. The number of nitrogens with one attached hydrogen (secondary N) is 3. The largest absolute Gasteiger partial charge is 0.345 e. The lowest BCUT2D eigenvalue weighted by molar-refractivity contribution is -0.136. The van der Waals surface area contributed by atoms with Crippen molar-refractivity contribution in [1.29, 1.82) is 0 Å². The molecule has 3 N–H and O–H groups in total. The van der Waals surface area contributed by atoms with E-state index in [-0.39, 0.29) is 11.9 Å². The molecule has 1 fully saturated rings. The van der Waals surface area contributed by atoms with Gasteiger partial charge < -0.3 is 16.0 Å². The Morgan fingerprint density at radius 2 is 1.55 bits per heavy atom. The number of hydrogen-bond acceptors (Lipinski definition) is 4. The van der Waals surface area contributed by atoms with Crippen LogP contribution in [0.1, 0.15) is 25.3 Å². The standard InChI is InChI=1S/C22H26N4O3/c1-16(27)23-19-8-5-9-20(14-19)25-22(29)21(28)24-18-10-12-26(13-11-18)15-17-6-3-2-4-7-17/h2-9,14,18H,10-13,15H2,1H3,(H,23,27)(H,24,28)(H,25,29). The van der Waals surface area contributed by atoms with Crippen molar-refractivity contribution in [3.8, 4) is 0 Å². The predicted octanol–water partition coefficient (Wildman–Crippen LogP) is 2.36. The molecular weight excluding hydrogens is 368 g/mol. The Hall–Kier alpha value is -3.19. The summed E-state index contributed by atoms with van der Waals surface area (Å²) in [6.45, 7) is 4.05. The number of likely N-dealkylation sites (tertiary alicyclic amines) is 1. The first-order chi connectivity index (χ1) is 14.0. The molecule has 1 aliphatic rings. The topological polar surface area (TPSA) is 90.5 Å². The van der Waals surface area contributed by atoms with Crippen LogP contribution in [-0.4, -0.2) is 41.8 Å². The van der Waals surface area contributed by atoms with Gasteiger partial charge in [0.1, 0.15) is 0 Å². The van der Waals surface area contributed by atoms with Crippen LogP contribution in [0.3, 0.4) is 0 Å². The first-order valence-electron chi connectivity index (χ1n) is 9.75. The van der Waals surface area contributed by atoms with Gasteiger partial charge in [0, 0.05) is 44.0 Å². The zero-order valence-corrected chi connectivity index (χ0v) is 16.5. The number of carbonyl (C=O) groups is 3. The summed E-state index contributed by atoms with van der Waals surface area (Å²) in [6, 6.07) is 17.0. The molecule has 1 aliphatic heterocycles. The van der Waals surface area contributed by atoms with E-state index >= 15 is 0 Å². The van der Waals surface area contributed by atoms with Crippen molar-refractivity contribution in [2.75, 3.05) is 23.7 Å². The number of nitrogens with zero attached hydrogens (tertiary/aromatic N) is 1. The zero-order chi connectivity index (χ0) is 20.6. The molecule has 0 saturated carbocycles. The van der Waals surface area contributed by atoms with Crippen molar-refractivity contribution >= 4 is 29.1 Å². The third-order valence-electron chi connectivity index (χ3n) is 4.82. The Kier molecular flexibility index (Phi) is 6.97. The third kappa shape index (κ3) is 6.43. The first kappa shape index (κ1) is 20.5. The van der Waals surface area contributed by atoms with Gasteiger partial charge in [-0.15, -0.1) is 0 Å². The van der Waals surface area contributed by atoms with E-state index < -0.39 is 11.8 Å². The van der Waals surface area contributed by atoms with E-state index in [4.69, 9.17) is 0 Å². The fourth-order valence-electron chi connectivity index (χ4n) is 3.39. The van der Waals surface area contributed by atoms with Gasteiger partial charge in [-0.25, -0.2) is 0 Å². The number of anilines is 2. The Labute approximate surface area is 170 Å². The summed E-state index contributed by atoms with van der Waals surface area (Å²) in [5, 5.41) is 8.04. The molecule has 3 rings (SSSR count). The Balaban J connectivity index is 1.44. The lowest BCUT2D eigenvalue weighted by Crippen LogP contribution is -2.47. The summed E-state index contributed by atoms with van der Waals surface area (Å²) in [4.78, 5) is 37.9. The highest BCUT2D eigenvalue weighted by Gasteiger charge is 2.23. The number of benzene rings is 2. The van der Waals surface area contributed by atoms with E-state index in [1.807, 2.05) is 18.2 Å². The van der Waals surface area contributed by atoms with Crippen LogP contribution in [0.5, 0.6) is 0 Å². The van der Waals surface area contributed by atoms with Gasteiger partial charge in [0.05, 0.1) is 0 Å². The van der Waals surface area contributed by atoms with Gasteiger partial charge in [0.15, 0.2) is 0 Å². The second kappa shape index (κ2) is 9.84. The van der Waals surface area contributed by atoms with Crippen molar-refractivity contribution < 1.29 is 14.4 Å². The smallest absolute Gasteiger partial charge is 0.313 e. The Bertz CT molecular complexity index is 861. The minimum Gasteiger partial charge on any atom is -0.345 e. The summed E-state index contributed by atoms with van der Waals surface area (Å²) in [5.74, 6) is -1.56. The van der Waals surface area contributed by atoms with Crippen LogP contribution in [-0.2, 0) is 20.9 Å². The number of hydrogen-bond donors (Lipinski definition) is 3. The molecule has 2 aromatic rings. The monoisotopic (exact) mass is 394 g/mol. The third-order valence-corrected chi connectivity index (χ3v) is 4.82. The van der Waals surface area contributed by atoms with Crippen molar-refractivity contribution in [3.05, 3.63) is 60.2 Å². The molecule has 0 aromatic heterocycles. The van der Waals surface area contributed by atoms with Crippen LogP contribution in [0.15, 0.2) is 54.6 Å². The highest BCUT2D eigenvalue weighted by molar-refractivity contribution is 6.39. The number of rotatable bonds is 5. The zero-order valence-electron chi connectivity index (χ0n) is 16.5. The molecule has 29 heavy (non-hydrogen) atoms. The molecule has 0 radical (unpaired) electrons. The van der Waals surface area contributed by atoms with Crippen LogP contribution in [0, 0.1) is 0 Å². The summed E-state index contributed by atoms with van der Waals surface area (Å²) in [6.07, 6.45) is 1.62. The summed E-state index contributed by atoms with van der Waals surface area (Å²) in [5.41, 5.74) is 2.28. The number of piperidine rings is 1. The van der Waals surface area contributed by atoms with E-state index in [1.165, 1.54) is 12.5 Å². The van der Waals surface area contributed by atoms with Crippen LogP contribution >= 0.6 is 0 Å². The Morgan fingerprint density at radius 1 is 0.897 bits per heavy atom. The maximum atomic E-state index is 12.2. The van der Waals surface area contributed by atoms with Gasteiger partial charge in [0.2, 0.25) is 5.91 Å². The lowest BCUT2D eigenvalue weighted by Gasteiger charge is -2.32. The molecule has 1 saturated heterocycles. The van der Waals surface area contributed by atoms with Gasteiger partial charge in [-0.3, -0.25) is 19.3 Å². The van der Waals surface area contributed by atoms with Crippen molar-refractivity contribution in [1.82, 2.24) is 10.2 Å². The molecule has 0 atom stereocenters.